The fourth-order valence-electron chi connectivity index (χ4n) is 4.88. The molecule has 1 fully saturated rings. The molecule has 3 aromatic rings. The van der Waals surface area contributed by atoms with Crippen molar-refractivity contribution in [2.24, 2.45) is 0 Å². The van der Waals surface area contributed by atoms with Crippen molar-refractivity contribution < 1.29 is 14.0 Å². The quantitative estimate of drug-likeness (QED) is 0.553. The van der Waals surface area contributed by atoms with E-state index in [0.717, 1.165) is 36.8 Å². The number of carbonyl (C=O) groups excluding carboxylic acids is 2. The number of nitrogens with one attached hydrogen (secondary N) is 2. The van der Waals surface area contributed by atoms with Crippen molar-refractivity contribution in [1.29, 1.82) is 0 Å². The molecule has 36 heavy (non-hydrogen) atoms. The summed E-state index contributed by atoms with van der Waals surface area (Å²) in [5, 5.41) is 13.9. The van der Waals surface area contributed by atoms with E-state index < -0.39 is 11.7 Å². The molecule has 0 radical (unpaired) electrons. The summed E-state index contributed by atoms with van der Waals surface area (Å²) in [6.07, 6.45) is 6.48. The Bertz CT molecular complexity index is 1280. The second kappa shape index (κ2) is 10.0. The lowest BCUT2D eigenvalue weighted by atomic mass is 9.96. The Morgan fingerprint density at radius 2 is 1.94 bits per heavy atom. The lowest BCUT2D eigenvalue weighted by Crippen LogP contribution is -2.46. The molecule has 2 aliphatic rings. The lowest BCUT2D eigenvalue weighted by molar-refractivity contribution is 0.102. The normalized spacial score (nSPS) is 15.7. The topological polar surface area (TPSA) is 105 Å². The van der Waals surface area contributed by atoms with Gasteiger partial charge < -0.3 is 20.1 Å². The summed E-state index contributed by atoms with van der Waals surface area (Å²) >= 11 is 0. The number of aromatic nitrogens is 4. The highest BCUT2D eigenvalue weighted by atomic mass is 19.1. The maximum atomic E-state index is 14.9. The monoisotopic (exact) mass is 491 g/mol. The predicted octanol–water partition coefficient (Wildman–Crippen LogP) is 4.32. The standard InChI is InChI=1S/C26H30FN7O2/c1-16(2)34-15-28-32-24(34)22-8-5-9-23(30-22)31-25(35)20-12-18-14-33(11-10-17(18)13-21(20)27)26(36)29-19-6-3-4-7-19/h5,8-9,12-13,15-16,19H,3-4,6-7,10-11,14H2,1-2H3,(H,29,36)(H,30,31,35). The summed E-state index contributed by atoms with van der Waals surface area (Å²) in [5.74, 6) is -0.328. The van der Waals surface area contributed by atoms with E-state index in [1.165, 1.54) is 6.07 Å². The molecule has 1 aliphatic heterocycles. The molecule has 5 rings (SSSR count). The minimum atomic E-state index is -0.599. The summed E-state index contributed by atoms with van der Waals surface area (Å²) < 4.78 is 16.8. The Balaban J connectivity index is 1.32. The Morgan fingerprint density at radius 3 is 2.72 bits per heavy atom. The van der Waals surface area contributed by atoms with E-state index in [4.69, 9.17) is 0 Å². The van der Waals surface area contributed by atoms with Gasteiger partial charge in [0.1, 0.15) is 23.7 Å². The number of urea groups is 1. The van der Waals surface area contributed by atoms with Crippen LogP contribution >= 0.6 is 0 Å². The Hall–Kier alpha value is -3.82. The van der Waals surface area contributed by atoms with Gasteiger partial charge in [0.15, 0.2) is 5.82 Å². The molecule has 3 heterocycles. The van der Waals surface area contributed by atoms with Crippen LogP contribution in [0.15, 0.2) is 36.7 Å². The Labute approximate surface area is 209 Å². The molecule has 1 saturated carbocycles. The van der Waals surface area contributed by atoms with Gasteiger partial charge in [-0.1, -0.05) is 18.9 Å². The Kier molecular flexibility index (Phi) is 6.67. The van der Waals surface area contributed by atoms with E-state index in [9.17, 15) is 14.0 Å². The van der Waals surface area contributed by atoms with Crippen LogP contribution in [0, 0.1) is 5.82 Å². The number of carbonyl (C=O) groups is 2. The first-order valence-electron chi connectivity index (χ1n) is 12.4. The molecule has 2 aromatic heterocycles. The van der Waals surface area contributed by atoms with Crippen molar-refractivity contribution in [2.45, 2.75) is 64.6 Å². The van der Waals surface area contributed by atoms with Gasteiger partial charge in [0.05, 0.1) is 5.56 Å². The third-order valence-corrected chi connectivity index (χ3v) is 6.87. The van der Waals surface area contributed by atoms with Gasteiger partial charge in [0.25, 0.3) is 5.91 Å². The van der Waals surface area contributed by atoms with Crippen molar-refractivity contribution in [3.8, 4) is 11.5 Å². The molecule has 10 heteroatoms. The van der Waals surface area contributed by atoms with Gasteiger partial charge in [-0.25, -0.2) is 14.2 Å². The number of hydrogen-bond donors (Lipinski definition) is 2. The van der Waals surface area contributed by atoms with Crippen LogP contribution < -0.4 is 10.6 Å². The minimum Gasteiger partial charge on any atom is -0.335 e. The molecular weight excluding hydrogens is 461 g/mol. The van der Waals surface area contributed by atoms with Crippen LogP contribution in [0.5, 0.6) is 0 Å². The second-order valence-electron chi connectivity index (χ2n) is 9.72. The second-order valence-corrected chi connectivity index (χ2v) is 9.72. The maximum Gasteiger partial charge on any atom is 0.317 e. The summed E-state index contributed by atoms with van der Waals surface area (Å²) in [4.78, 5) is 32.0. The molecule has 3 amide bonds. The van der Waals surface area contributed by atoms with Gasteiger partial charge >= 0.3 is 6.03 Å². The van der Waals surface area contributed by atoms with E-state index in [0.29, 0.717) is 31.0 Å². The van der Waals surface area contributed by atoms with Crippen LogP contribution in [0.4, 0.5) is 15.0 Å². The molecule has 9 nitrogen and oxygen atoms in total. The van der Waals surface area contributed by atoms with Crippen LogP contribution in [-0.2, 0) is 13.0 Å². The van der Waals surface area contributed by atoms with Crippen LogP contribution in [0.1, 0.15) is 67.1 Å². The first kappa shape index (κ1) is 23.9. The zero-order chi connectivity index (χ0) is 25.2. The van der Waals surface area contributed by atoms with Gasteiger partial charge in [-0.2, -0.15) is 0 Å². The number of halogens is 1. The first-order chi connectivity index (χ1) is 17.4. The zero-order valence-corrected chi connectivity index (χ0v) is 20.5. The largest absolute Gasteiger partial charge is 0.335 e. The molecular formula is C26H30FN7O2. The highest BCUT2D eigenvalue weighted by Gasteiger charge is 2.26. The van der Waals surface area contributed by atoms with Gasteiger partial charge in [-0.3, -0.25) is 4.79 Å². The number of fused-ring (bicyclic) bond motifs is 1. The number of anilines is 1. The third kappa shape index (κ3) is 4.93. The van der Waals surface area contributed by atoms with E-state index in [-0.39, 0.29) is 29.5 Å². The van der Waals surface area contributed by atoms with Crippen LogP contribution in [-0.4, -0.2) is 49.2 Å². The highest BCUT2D eigenvalue weighted by molar-refractivity contribution is 6.04. The number of pyridine rings is 1. The van der Waals surface area contributed by atoms with E-state index in [1.54, 1.807) is 35.5 Å². The third-order valence-electron chi connectivity index (χ3n) is 6.87. The molecule has 0 atom stereocenters. The SMILES string of the molecule is CC(C)n1cnnc1-c1cccc(NC(=O)c2cc3c(cc2F)CCN(C(=O)NC2CCCC2)C3)n1. The van der Waals surface area contributed by atoms with Gasteiger partial charge in [-0.15, -0.1) is 10.2 Å². The summed E-state index contributed by atoms with van der Waals surface area (Å²) in [7, 11) is 0. The summed E-state index contributed by atoms with van der Waals surface area (Å²) in [6.45, 7) is 4.88. The molecule has 188 valence electrons. The van der Waals surface area contributed by atoms with E-state index >= 15 is 0 Å². The molecule has 0 bridgehead atoms. The van der Waals surface area contributed by atoms with Crippen molar-refractivity contribution in [3.63, 3.8) is 0 Å². The number of amides is 3. The smallest absolute Gasteiger partial charge is 0.317 e. The average molecular weight is 492 g/mol. The van der Waals surface area contributed by atoms with Gasteiger partial charge in [-0.05, 0) is 68.5 Å². The molecule has 2 N–H and O–H groups in total. The predicted molar refractivity (Wildman–Crippen MR) is 133 cm³/mol. The van der Waals surface area contributed by atoms with E-state index in [2.05, 4.69) is 25.8 Å². The van der Waals surface area contributed by atoms with Crippen molar-refractivity contribution in [1.82, 2.24) is 30.0 Å². The average Bonchev–Trinajstić information content (AvgIpc) is 3.56. The fraction of sp³-hybridized carbons (Fsp3) is 0.423. The number of nitrogens with zero attached hydrogens (tertiary/aromatic N) is 5. The van der Waals surface area contributed by atoms with Gasteiger partial charge in [0.2, 0.25) is 0 Å². The summed E-state index contributed by atoms with van der Waals surface area (Å²) in [6, 6.07) is 8.40. The number of hydrogen-bond acceptors (Lipinski definition) is 5. The molecule has 0 unspecified atom stereocenters. The minimum absolute atomic E-state index is 0.0793. The molecule has 0 saturated heterocycles. The fourth-order valence-corrected chi connectivity index (χ4v) is 4.88. The highest BCUT2D eigenvalue weighted by Crippen LogP contribution is 2.25. The number of rotatable bonds is 5. The van der Waals surface area contributed by atoms with Crippen LogP contribution in [0.25, 0.3) is 11.5 Å². The molecule has 1 aliphatic carbocycles. The molecule has 0 spiro atoms. The van der Waals surface area contributed by atoms with Gasteiger partial charge in [0, 0.05) is 25.2 Å². The van der Waals surface area contributed by atoms with Crippen molar-refractivity contribution in [2.75, 3.05) is 11.9 Å². The molecule has 1 aromatic carbocycles. The van der Waals surface area contributed by atoms with Crippen LogP contribution in [0.3, 0.4) is 0 Å². The van der Waals surface area contributed by atoms with E-state index in [1.807, 2.05) is 18.4 Å². The summed E-state index contributed by atoms with van der Waals surface area (Å²) in [5.41, 5.74) is 2.07. The Morgan fingerprint density at radius 1 is 1.14 bits per heavy atom. The van der Waals surface area contributed by atoms with Crippen LogP contribution in [0.2, 0.25) is 0 Å². The first-order valence-corrected chi connectivity index (χ1v) is 12.4. The maximum absolute atomic E-state index is 14.9. The lowest BCUT2D eigenvalue weighted by Gasteiger charge is -2.30. The number of benzene rings is 1. The van der Waals surface area contributed by atoms with Crippen molar-refractivity contribution in [3.05, 3.63) is 59.2 Å². The van der Waals surface area contributed by atoms with Crippen molar-refractivity contribution >= 4 is 17.8 Å². The zero-order valence-electron chi connectivity index (χ0n) is 20.5.